The fourth-order valence-corrected chi connectivity index (χ4v) is 4.58. The normalized spacial score (nSPS) is 18.5. The van der Waals surface area contributed by atoms with Gasteiger partial charge in [0.25, 0.3) is 5.91 Å². The van der Waals surface area contributed by atoms with Gasteiger partial charge in [0.15, 0.2) is 5.11 Å². The Morgan fingerprint density at radius 2 is 1.94 bits per heavy atom. The minimum absolute atomic E-state index is 0.0603. The monoisotopic (exact) mass is 516 g/mol. The zero-order valence-corrected chi connectivity index (χ0v) is 21.3. The maximum atomic E-state index is 13.5. The molecule has 1 unspecified atom stereocenters. The lowest BCUT2D eigenvalue weighted by molar-refractivity contribution is -0.0228. The Hall–Kier alpha value is -2.79. The minimum atomic E-state index is -0.296. The van der Waals surface area contributed by atoms with Crippen molar-refractivity contribution >= 4 is 28.9 Å². The highest BCUT2D eigenvalue weighted by Crippen LogP contribution is 2.17. The SMILES string of the molecule is COc1cccc(C(=O)N(CCN2CCOCC2)CC2CN(C(=S)Nc3ccc(F)cc3)CCO2)c1. The lowest BCUT2D eigenvalue weighted by Gasteiger charge is -2.37. The number of benzene rings is 2. The van der Waals surface area contributed by atoms with Crippen molar-refractivity contribution in [3.63, 3.8) is 0 Å². The van der Waals surface area contributed by atoms with Gasteiger partial charge in [-0.05, 0) is 54.7 Å². The highest BCUT2D eigenvalue weighted by atomic mass is 32.1. The van der Waals surface area contributed by atoms with E-state index >= 15 is 0 Å². The van der Waals surface area contributed by atoms with E-state index in [1.807, 2.05) is 28.0 Å². The number of methoxy groups -OCH3 is 1. The lowest BCUT2D eigenvalue weighted by atomic mass is 10.1. The largest absolute Gasteiger partial charge is 0.497 e. The summed E-state index contributed by atoms with van der Waals surface area (Å²) in [6, 6.07) is 13.3. The van der Waals surface area contributed by atoms with Gasteiger partial charge in [0.1, 0.15) is 11.6 Å². The van der Waals surface area contributed by atoms with E-state index in [0.29, 0.717) is 62.4 Å². The van der Waals surface area contributed by atoms with Gasteiger partial charge in [0.2, 0.25) is 0 Å². The van der Waals surface area contributed by atoms with Gasteiger partial charge in [-0.15, -0.1) is 0 Å². The Morgan fingerprint density at radius 3 is 2.69 bits per heavy atom. The molecule has 0 aromatic heterocycles. The zero-order valence-electron chi connectivity index (χ0n) is 20.5. The summed E-state index contributed by atoms with van der Waals surface area (Å²) in [7, 11) is 1.59. The van der Waals surface area contributed by atoms with Crippen molar-refractivity contribution in [3.05, 3.63) is 59.9 Å². The third-order valence-electron chi connectivity index (χ3n) is 6.34. The molecule has 0 spiro atoms. The summed E-state index contributed by atoms with van der Waals surface area (Å²) in [6.07, 6.45) is -0.203. The highest BCUT2D eigenvalue weighted by Gasteiger charge is 2.27. The molecule has 1 N–H and O–H groups in total. The van der Waals surface area contributed by atoms with Crippen molar-refractivity contribution < 1.29 is 23.4 Å². The van der Waals surface area contributed by atoms with Crippen LogP contribution in [0, 0.1) is 5.82 Å². The molecule has 2 fully saturated rings. The predicted octanol–water partition coefficient (Wildman–Crippen LogP) is 2.71. The summed E-state index contributed by atoms with van der Waals surface area (Å²) in [5.41, 5.74) is 1.31. The first-order chi connectivity index (χ1) is 17.5. The number of hydrogen-bond donors (Lipinski definition) is 1. The second-order valence-corrected chi connectivity index (χ2v) is 9.20. The number of amides is 1. The molecule has 8 nitrogen and oxygen atoms in total. The fourth-order valence-electron chi connectivity index (χ4n) is 4.30. The number of halogens is 1. The van der Waals surface area contributed by atoms with Crippen molar-refractivity contribution in [2.24, 2.45) is 0 Å². The Balaban J connectivity index is 1.41. The molecular weight excluding hydrogens is 483 g/mol. The standard InChI is InChI=1S/C26H33FN4O4S/c1-33-23-4-2-3-20(17-23)25(32)30(10-9-29-11-14-34-15-12-29)18-24-19-31(13-16-35-24)26(36)28-22-7-5-21(27)6-8-22/h2-8,17,24H,9-16,18-19H2,1H3,(H,28,36). The van der Waals surface area contributed by atoms with Gasteiger partial charge in [-0.3, -0.25) is 9.69 Å². The molecular formula is C26H33FN4O4S. The Kier molecular flexibility index (Phi) is 9.46. The molecule has 2 aliphatic heterocycles. The van der Waals surface area contributed by atoms with Crippen LogP contribution in [0.2, 0.25) is 0 Å². The third-order valence-corrected chi connectivity index (χ3v) is 6.70. The van der Waals surface area contributed by atoms with Crippen LogP contribution in [-0.4, -0.2) is 105 Å². The van der Waals surface area contributed by atoms with Crippen molar-refractivity contribution in [1.82, 2.24) is 14.7 Å². The topological polar surface area (TPSA) is 66.5 Å². The van der Waals surface area contributed by atoms with Gasteiger partial charge >= 0.3 is 0 Å². The molecule has 1 atom stereocenters. The zero-order chi connectivity index (χ0) is 25.3. The van der Waals surface area contributed by atoms with Crippen LogP contribution in [0.4, 0.5) is 10.1 Å². The van der Waals surface area contributed by atoms with Crippen molar-refractivity contribution in [2.75, 3.05) is 78.1 Å². The molecule has 4 rings (SSSR count). The number of carbonyl (C=O) groups is 1. The maximum Gasteiger partial charge on any atom is 0.254 e. The molecule has 2 saturated heterocycles. The number of anilines is 1. The number of morpholine rings is 2. The molecule has 2 aliphatic rings. The summed E-state index contributed by atoms with van der Waals surface area (Å²) >= 11 is 5.60. The third kappa shape index (κ3) is 7.36. The number of nitrogens with zero attached hydrogens (tertiary/aromatic N) is 3. The van der Waals surface area contributed by atoms with Crippen LogP contribution >= 0.6 is 12.2 Å². The van der Waals surface area contributed by atoms with E-state index in [4.69, 9.17) is 26.4 Å². The van der Waals surface area contributed by atoms with Crippen LogP contribution in [0.5, 0.6) is 5.75 Å². The highest BCUT2D eigenvalue weighted by molar-refractivity contribution is 7.80. The minimum Gasteiger partial charge on any atom is -0.497 e. The van der Waals surface area contributed by atoms with Gasteiger partial charge < -0.3 is 29.3 Å². The summed E-state index contributed by atoms with van der Waals surface area (Å²) in [5, 5.41) is 3.71. The Labute approximate surface area is 216 Å². The second-order valence-electron chi connectivity index (χ2n) is 8.81. The van der Waals surface area contributed by atoms with Crippen molar-refractivity contribution in [2.45, 2.75) is 6.10 Å². The lowest BCUT2D eigenvalue weighted by Crippen LogP contribution is -2.52. The van der Waals surface area contributed by atoms with Gasteiger partial charge in [-0.2, -0.15) is 0 Å². The van der Waals surface area contributed by atoms with Gasteiger partial charge in [-0.25, -0.2) is 4.39 Å². The van der Waals surface area contributed by atoms with Crippen LogP contribution in [0.15, 0.2) is 48.5 Å². The number of hydrogen-bond acceptors (Lipinski definition) is 6. The molecule has 0 saturated carbocycles. The van der Waals surface area contributed by atoms with Crippen LogP contribution in [0.1, 0.15) is 10.4 Å². The maximum absolute atomic E-state index is 13.5. The Bertz CT molecular complexity index is 1020. The van der Waals surface area contributed by atoms with Gasteiger partial charge in [0, 0.05) is 57.1 Å². The average molecular weight is 517 g/mol. The number of carbonyl (C=O) groups excluding carboxylic acids is 1. The van der Waals surface area contributed by atoms with E-state index < -0.39 is 0 Å². The van der Waals surface area contributed by atoms with Crippen molar-refractivity contribution in [1.29, 1.82) is 0 Å². The summed E-state index contributed by atoms with van der Waals surface area (Å²) in [5.74, 6) is 0.289. The molecule has 0 radical (unpaired) electrons. The van der Waals surface area contributed by atoms with E-state index in [9.17, 15) is 9.18 Å². The van der Waals surface area contributed by atoms with E-state index in [0.717, 1.165) is 25.3 Å². The molecule has 0 aliphatic carbocycles. The van der Waals surface area contributed by atoms with E-state index in [2.05, 4.69) is 10.2 Å². The molecule has 0 bridgehead atoms. The molecule has 2 aromatic carbocycles. The summed E-state index contributed by atoms with van der Waals surface area (Å²) in [4.78, 5) is 19.7. The Morgan fingerprint density at radius 1 is 1.17 bits per heavy atom. The predicted molar refractivity (Wildman–Crippen MR) is 140 cm³/mol. The molecule has 10 heteroatoms. The smallest absolute Gasteiger partial charge is 0.254 e. The molecule has 2 aromatic rings. The number of ether oxygens (including phenoxy) is 3. The number of thiocarbonyl (C=S) groups is 1. The quantitative estimate of drug-likeness (QED) is 0.538. The van der Waals surface area contributed by atoms with E-state index in [1.54, 1.807) is 25.3 Å². The van der Waals surface area contributed by atoms with Gasteiger partial charge in [-0.1, -0.05) is 6.07 Å². The summed E-state index contributed by atoms with van der Waals surface area (Å²) in [6.45, 7) is 6.61. The second kappa shape index (κ2) is 13.0. The number of nitrogens with one attached hydrogen (secondary N) is 1. The van der Waals surface area contributed by atoms with Crippen LogP contribution in [0.3, 0.4) is 0 Å². The molecule has 36 heavy (non-hydrogen) atoms. The van der Waals surface area contributed by atoms with Gasteiger partial charge in [0.05, 0.1) is 33.0 Å². The molecule has 1 amide bonds. The first-order valence-corrected chi connectivity index (χ1v) is 12.6. The van der Waals surface area contributed by atoms with Crippen molar-refractivity contribution in [3.8, 4) is 5.75 Å². The van der Waals surface area contributed by atoms with Crippen LogP contribution < -0.4 is 10.1 Å². The van der Waals surface area contributed by atoms with Crippen LogP contribution in [0.25, 0.3) is 0 Å². The average Bonchev–Trinajstić information content (AvgIpc) is 2.92. The summed E-state index contributed by atoms with van der Waals surface area (Å²) < 4.78 is 30.0. The van der Waals surface area contributed by atoms with E-state index in [-0.39, 0.29) is 17.8 Å². The first kappa shape index (κ1) is 26.3. The molecule has 2 heterocycles. The number of rotatable bonds is 8. The first-order valence-electron chi connectivity index (χ1n) is 12.2. The fraction of sp³-hybridized carbons (Fsp3) is 0.462. The molecule has 194 valence electrons. The van der Waals surface area contributed by atoms with E-state index in [1.165, 1.54) is 12.1 Å². The van der Waals surface area contributed by atoms with Crippen LogP contribution in [-0.2, 0) is 9.47 Å².